The summed E-state index contributed by atoms with van der Waals surface area (Å²) in [5.41, 5.74) is 0. The fraction of sp³-hybridized carbons (Fsp3) is 0.750. The van der Waals surface area contributed by atoms with Crippen LogP contribution in [0.25, 0.3) is 0 Å². The molecule has 0 heterocycles. The molecule has 10 heteroatoms. The zero-order valence-electron chi connectivity index (χ0n) is 54.0. The first-order valence-corrected chi connectivity index (χ1v) is 35.5. The predicted octanol–water partition coefficient (Wildman–Crippen LogP) is 21.9. The molecular weight excluding hydrogens is 1040 g/mol. The van der Waals surface area contributed by atoms with E-state index in [1.165, 1.54) is 167 Å². The lowest BCUT2D eigenvalue weighted by molar-refractivity contribution is -0.870. The van der Waals surface area contributed by atoms with Gasteiger partial charge in [-0.15, -0.1) is 0 Å². The first-order valence-electron chi connectivity index (χ1n) is 34.0. The molecule has 0 aliphatic heterocycles. The van der Waals surface area contributed by atoms with Gasteiger partial charge in [-0.05, 0) is 89.9 Å². The van der Waals surface area contributed by atoms with E-state index in [1.54, 1.807) is 0 Å². The molecule has 0 aromatic carbocycles. The Bertz CT molecular complexity index is 1710. The van der Waals surface area contributed by atoms with E-state index < -0.39 is 26.5 Å². The summed E-state index contributed by atoms with van der Waals surface area (Å²) in [6.45, 7) is 4.22. The Morgan fingerprint density at radius 3 is 0.976 bits per heavy atom. The highest BCUT2D eigenvalue weighted by atomic mass is 31.2. The number of likely N-dealkylation sites (N-methyl/N-ethyl adjacent to an activating group) is 1. The molecule has 0 aliphatic carbocycles. The topological polar surface area (TPSA) is 108 Å². The Labute approximate surface area is 506 Å². The monoisotopic (exact) mass is 1170 g/mol. The molecule has 0 amide bonds. The molecule has 0 saturated heterocycles. The number of quaternary nitrogens is 1. The second kappa shape index (κ2) is 62.5. The van der Waals surface area contributed by atoms with Crippen molar-refractivity contribution in [2.75, 3.05) is 47.5 Å². The third-order valence-electron chi connectivity index (χ3n) is 14.6. The van der Waals surface area contributed by atoms with Gasteiger partial charge in [0, 0.05) is 12.8 Å². The summed E-state index contributed by atoms with van der Waals surface area (Å²) >= 11 is 0. The fourth-order valence-electron chi connectivity index (χ4n) is 9.47. The van der Waals surface area contributed by atoms with E-state index in [4.69, 9.17) is 18.5 Å². The van der Waals surface area contributed by atoms with Crippen LogP contribution in [0.2, 0.25) is 0 Å². The van der Waals surface area contributed by atoms with E-state index in [2.05, 4.69) is 111 Å². The molecular formula is C72H129NO8P+. The number of nitrogens with zero attached hydrogens (tertiary/aromatic N) is 1. The first-order chi connectivity index (χ1) is 40.0. The van der Waals surface area contributed by atoms with Gasteiger partial charge in [-0.2, -0.15) is 0 Å². The average Bonchev–Trinajstić information content (AvgIpc) is 3.45. The highest BCUT2D eigenvalue weighted by Gasteiger charge is 2.27. The molecule has 0 rings (SSSR count). The van der Waals surface area contributed by atoms with E-state index in [0.717, 1.165) is 96.3 Å². The third-order valence-corrected chi connectivity index (χ3v) is 15.6. The molecule has 0 aliphatic rings. The largest absolute Gasteiger partial charge is 0.472 e. The van der Waals surface area contributed by atoms with E-state index in [0.29, 0.717) is 17.4 Å². The lowest BCUT2D eigenvalue weighted by Crippen LogP contribution is -2.37. The minimum atomic E-state index is -4.39. The molecule has 0 aromatic rings. The number of unbranched alkanes of at least 4 members (excludes halogenated alkanes) is 32. The van der Waals surface area contributed by atoms with Crippen molar-refractivity contribution in [3.63, 3.8) is 0 Å². The summed E-state index contributed by atoms with van der Waals surface area (Å²) in [5, 5.41) is 0. The van der Waals surface area contributed by atoms with Crippen molar-refractivity contribution < 1.29 is 42.1 Å². The van der Waals surface area contributed by atoms with Gasteiger partial charge in [-0.25, -0.2) is 4.57 Å². The number of hydrogen-bond donors (Lipinski definition) is 1. The van der Waals surface area contributed by atoms with Gasteiger partial charge in [-0.1, -0.05) is 291 Å². The van der Waals surface area contributed by atoms with Gasteiger partial charge in [0.05, 0.1) is 27.7 Å². The predicted molar refractivity (Wildman–Crippen MR) is 353 cm³/mol. The zero-order valence-corrected chi connectivity index (χ0v) is 54.8. The second-order valence-corrected chi connectivity index (χ2v) is 25.3. The molecule has 82 heavy (non-hydrogen) atoms. The Balaban J connectivity index is 3.91. The maximum atomic E-state index is 12.9. The quantitative estimate of drug-likeness (QED) is 0.0211. The van der Waals surface area contributed by atoms with Crippen molar-refractivity contribution in [2.45, 2.75) is 302 Å². The van der Waals surface area contributed by atoms with Gasteiger partial charge in [0.15, 0.2) is 6.10 Å². The van der Waals surface area contributed by atoms with Crippen molar-refractivity contribution in [3.05, 3.63) is 97.2 Å². The van der Waals surface area contributed by atoms with Gasteiger partial charge in [0.25, 0.3) is 0 Å². The number of allylic oxidation sites excluding steroid dienone is 16. The normalized spacial score (nSPS) is 13.8. The molecule has 2 atom stereocenters. The molecule has 0 bridgehead atoms. The molecule has 0 saturated carbocycles. The third kappa shape index (κ3) is 66.1. The lowest BCUT2D eigenvalue weighted by Gasteiger charge is -2.24. The van der Waals surface area contributed by atoms with Crippen LogP contribution in [-0.2, 0) is 32.7 Å². The van der Waals surface area contributed by atoms with Crippen molar-refractivity contribution >= 4 is 19.8 Å². The van der Waals surface area contributed by atoms with Crippen LogP contribution in [-0.4, -0.2) is 74.9 Å². The highest BCUT2D eigenvalue weighted by Crippen LogP contribution is 2.43. The van der Waals surface area contributed by atoms with Crippen LogP contribution in [0, 0.1) is 0 Å². The first kappa shape index (κ1) is 78.9. The molecule has 0 radical (unpaired) electrons. The standard InChI is InChI=1S/C72H128NO8P/c1-6-8-10-12-14-16-18-20-22-24-25-26-27-28-29-30-31-32-33-34-35-36-37-38-39-40-41-42-43-44-45-46-47-49-51-53-55-57-59-61-63-65-72(75)81-70(69-80-82(76,77)79-67-66-73(3,4)5)68-78-71(74)64-62-60-58-56-54-52-50-48-23-21-19-17-15-13-11-9-7-2/h8-11,14-17,20-23,25-26,28-29,70H,6-7,12-13,18-19,24,27,30-69H2,1-5H3/p+1/b10-8-,11-9-,16-14-,17-15-,22-20-,23-21-,26-25-,29-28-. The number of ether oxygens (including phenoxy) is 2. The summed E-state index contributed by atoms with van der Waals surface area (Å²) in [4.78, 5) is 35.8. The number of rotatable bonds is 62. The van der Waals surface area contributed by atoms with Gasteiger partial charge in [-0.3, -0.25) is 18.6 Å². The Morgan fingerprint density at radius 2 is 0.659 bits per heavy atom. The van der Waals surface area contributed by atoms with Crippen LogP contribution in [0.1, 0.15) is 296 Å². The highest BCUT2D eigenvalue weighted by molar-refractivity contribution is 7.47. The molecule has 0 aromatic heterocycles. The van der Waals surface area contributed by atoms with Crippen LogP contribution < -0.4 is 0 Å². The summed E-state index contributed by atoms with van der Waals surface area (Å²) in [5.74, 6) is -0.801. The Kier molecular flexibility index (Phi) is 60.1. The molecule has 9 nitrogen and oxygen atoms in total. The minimum Gasteiger partial charge on any atom is -0.462 e. The van der Waals surface area contributed by atoms with Gasteiger partial charge in [0.2, 0.25) is 0 Å². The van der Waals surface area contributed by atoms with Crippen LogP contribution in [0.4, 0.5) is 0 Å². The van der Waals surface area contributed by atoms with Crippen molar-refractivity contribution in [3.8, 4) is 0 Å². The lowest BCUT2D eigenvalue weighted by atomic mass is 10.0. The van der Waals surface area contributed by atoms with E-state index in [9.17, 15) is 19.0 Å². The average molecular weight is 1170 g/mol. The fourth-order valence-corrected chi connectivity index (χ4v) is 10.2. The minimum absolute atomic E-state index is 0.0286. The van der Waals surface area contributed by atoms with Gasteiger partial charge >= 0.3 is 19.8 Å². The maximum absolute atomic E-state index is 12.9. The van der Waals surface area contributed by atoms with Crippen LogP contribution in [0.3, 0.4) is 0 Å². The SMILES string of the molecule is CC/C=C\C/C=C\C/C=C\C/C=C\C/C=C\CCCCCCCCCCCCCCCCCCCCCCCCCCCC(=O)OC(COC(=O)CCCCCCCCC/C=C\C/C=C\C/C=C\CC)COP(=O)(O)OCC[N+](C)(C)C. The number of phosphoric acid groups is 1. The van der Waals surface area contributed by atoms with Crippen LogP contribution >= 0.6 is 7.82 Å². The number of carbonyl (C=O) groups excluding carboxylic acids is 2. The van der Waals surface area contributed by atoms with Crippen molar-refractivity contribution in [2.24, 2.45) is 0 Å². The summed E-state index contributed by atoms with van der Waals surface area (Å²) in [7, 11) is 1.47. The maximum Gasteiger partial charge on any atom is 0.472 e. The second-order valence-electron chi connectivity index (χ2n) is 23.8. The van der Waals surface area contributed by atoms with Crippen LogP contribution in [0.5, 0.6) is 0 Å². The molecule has 474 valence electrons. The number of hydrogen-bond acceptors (Lipinski definition) is 7. The van der Waals surface area contributed by atoms with E-state index in [1.807, 2.05) is 21.1 Å². The summed E-state index contributed by atoms with van der Waals surface area (Å²) in [6.07, 6.45) is 86.7. The Hall–Kier alpha value is -3.07. The number of esters is 2. The zero-order chi connectivity index (χ0) is 59.8. The molecule has 1 N–H and O–H groups in total. The molecule has 0 spiro atoms. The smallest absolute Gasteiger partial charge is 0.462 e. The molecule has 0 fully saturated rings. The van der Waals surface area contributed by atoms with E-state index >= 15 is 0 Å². The van der Waals surface area contributed by atoms with Crippen LogP contribution in [0.15, 0.2) is 97.2 Å². The molecule has 2 unspecified atom stereocenters. The van der Waals surface area contributed by atoms with Crippen molar-refractivity contribution in [1.29, 1.82) is 0 Å². The van der Waals surface area contributed by atoms with Crippen molar-refractivity contribution in [1.82, 2.24) is 0 Å². The van der Waals surface area contributed by atoms with E-state index in [-0.39, 0.29) is 32.0 Å². The Morgan fingerprint density at radius 1 is 0.378 bits per heavy atom. The number of carbonyl (C=O) groups is 2. The summed E-state index contributed by atoms with van der Waals surface area (Å²) < 4.78 is 34.6. The van der Waals surface area contributed by atoms with Gasteiger partial charge in [0.1, 0.15) is 19.8 Å². The summed E-state index contributed by atoms with van der Waals surface area (Å²) in [6, 6.07) is 0. The number of phosphoric ester groups is 1. The van der Waals surface area contributed by atoms with Gasteiger partial charge < -0.3 is 18.9 Å².